The number of aromatic nitrogens is 4. The van der Waals surface area contributed by atoms with Crippen LogP contribution in [0.2, 0.25) is 0 Å². The molecular weight excluding hydrogens is 328 g/mol. The summed E-state index contributed by atoms with van der Waals surface area (Å²) in [5.41, 5.74) is 3.52. The normalized spacial score (nSPS) is 17.7. The number of ether oxygens (including phenoxy) is 1. The molecule has 138 valence electrons. The molecule has 3 aromatic heterocycles. The highest BCUT2D eigenvalue weighted by molar-refractivity contribution is 5.48. The van der Waals surface area contributed by atoms with Crippen LogP contribution >= 0.6 is 0 Å². The molecule has 6 nitrogen and oxygen atoms in total. The van der Waals surface area contributed by atoms with Crippen molar-refractivity contribution in [1.82, 2.24) is 19.3 Å². The number of hydrogen-bond acceptors (Lipinski definition) is 4. The molecule has 26 heavy (non-hydrogen) atoms. The lowest BCUT2D eigenvalue weighted by atomic mass is 10.1. The minimum Gasteiger partial charge on any atom is -0.455 e. The van der Waals surface area contributed by atoms with E-state index in [0.717, 1.165) is 55.6 Å². The van der Waals surface area contributed by atoms with E-state index in [1.165, 1.54) is 17.7 Å². The van der Waals surface area contributed by atoms with Gasteiger partial charge in [0.2, 0.25) is 0 Å². The van der Waals surface area contributed by atoms with Crippen molar-refractivity contribution >= 4 is 0 Å². The third-order valence-corrected chi connectivity index (χ3v) is 5.22. The van der Waals surface area contributed by atoms with Crippen molar-refractivity contribution in [2.75, 3.05) is 6.61 Å². The number of nitrogens with zero attached hydrogens (tertiary/aromatic N) is 4. The quantitative estimate of drug-likeness (QED) is 0.687. The minimum absolute atomic E-state index is 0.0770. The average molecular weight is 354 g/mol. The van der Waals surface area contributed by atoms with Gasteiger partial charge in [-0.2, -0.15) is 5.10 Å². The predicted octanol–water partition coefficient (Wildman–Crippen LogP) is 4.27. The smallest absolute Gasteiger partial charge is 0.176 e. The van der Waals surface area contributed by atoms with Gasteiger partial charge in [-0.1, -0.05) is 0 Å². The highest BCUT2D eigenvalue weighted by Crippen LogP contribution is 2.32. The lowest BCUT2D eigenvalue weighted by molar-refractivity contribution is 0.00218. The third-order valence-electron chi connectivity index (χ3n) is 5.22. The Hall–Kier alpha value is -2.34. The summed E-state index contributed by atoms with van der Waals surface area (Å²) in [5, 5.41) is 4.62. The van der Waals surface area contributed by atoms with Crippen LogP contribution in [0.4, 0.5) is 0 Å². The van der Waals surface area contributed by atoms with E-state index < -0.39 is 0 Å². The zero-order valence-corrected chi connectivity index (χ0v) is 15.7. The van der Waals surface area contributed by atoms with E-state index in [4.69, 9.17) is 9.15 Å². The van der Waals surface area contributed by atoms with Gasteiger partial charge in [0, 0.05) is 36.8 Å². The molecule has 1 atom stereocenters. The molecule has 0 radical (unpaired) electrons. The summed E-state index contributed by atoms with van der Waals surface area (Å²) in [6.45, 7) is 8.74. The van der Waals surface area contributed by atoms with Gasteiger partial charge in [-0.05, 0) is 52.2 Å². The summed E-state index contributed by atoms with van der Waals surface area (Å²) in [4.78, 5) is 4.53. The van der Waals surface area contributed by atoms with Crippen molar-refractivity contribution in [3.05, 3.63) is 47.2 Å². The molecule has 0 aliphatic carbocycles. The van der Waals surface area contributed by atoms with E-state index in [9.17, 15) is 0 Å². The second-order valence-electron chi connectivity index (χ2n) is 6.90. The van der Waals surface area contributed by atoms with Crippen LogP contribution in [0.3, 0.4) is 0 Å². The van der Waals surface area contributed by atoms with Gasteiger partial charge in [-0.3, -0.25) is 4.68 Å². The lowest BCUT2D eigenvalue weighted by Crippen LogP contribution is -2.10. The van der Waals surface area contributed by atoms with Crippen LogP contribution in [0.5, 0.6) is 0 Å². The number of aryl methyl sites for hydroxylation is 2. The molecule has 0 aromatic carbocycles. The van der Waals surface area contributed by atoms with Crippen molar-refractivity contribution in [3.63, 3.8) is 0 Å². The fourth-order valence-electron chi connectivity index (χ4n) is 3.71. The molecule has 0 unspecified atom stereocenters. The molecular formula is C20H26N4O2. The molecule has 3 aromatic rings. The summed E-state index contributed by atoms with van der Waals surface area (Å²) in [6, 6.07) is 4.03. The Labute approximate surface area is 153 Å². The molecule has 1 aliphatic rings. The van der Waals surface area contributed by atoms with Crippen molar-refractivity contribution < 1.29 is 9.15 Å². The van der Waals surface area contributed by atoms with Crippen LogP contribution < -0.4 is 0 Å². The molecule has 6 heteroatoms. The average Bonchev–Trinajstić information content (AvgIpc) is 3.38. The Bertz CT molecular complexity index is 884. The van der Waals surface area contributed by atoms with E-state index >= 15 is 0 Å². The Morgan fingerprint density at radius 2 is 2.12 bits per heavy atom. The van der Waals surface area contributed by atoms with Crippen molar-refractivity contribution in [3.8, 4) is 11.6 Å². The van der Waals surface area contributed by atoms with Crippen molar-refractivity contribution in [2.45, 2.75) is 59.2 Å². The molecule has 1 fully saturated rings. The summed E-state index contributed by atoms with van der Waals surface area (Å²) >= 11 is 0. The predicted molar refractivity (Wildman–Crippen MR) is 99.0 cm³/mol. The molecule has 1 saturated heterocycles. The minimum atomic E-state index is 0.0770. The lowest BCUT2D eigenvalue weighted by Gasteiger charge is -2.20. The van der Waals surface area contributed by atoms with Crippen molar-refractivity contribution in [2.24, 2.45) is 0 Å². The van der Waals surface area contributed by atoms with Gasteiger partial charge in [-0.25, -0.2) is 4.98 Å². The van der Waals surface area contributed by atoms with Gasteiger partial charge in [0.25, 0.3) is 0 Å². The number of imidazole rings is 1. The Morgan fingerprint density at radius 1 is 1.23 bits per heavy atom. The maximum Gasteiger partial charge on any atom is 0.176 e. The maximum absolute atomic E-state index is 6.10. The summed E-state index contributed by atoms with van der Waals surface area (Å²) in [7, 11) is 0. The SMILES string of the molecule is CCn1nc(C)c(Cn2ccnc2-c2ccc([C@@H]3CCCCO3)o2)c1C. The Kier molecular flexibility index (Phi) is 4.68. The molecule has 0 amide bonds. The number of hydrogen-bond donors (Lipinski definition) is 0. The van der Waals surface area contributed by atoms with Gasteiger partial charge < -0.3 is 13.7 Å². The van der Waals surface area contributed by atoms with Crippen LogP contribution in [-0.4, -0.2) is 25.9 Å². The first-order valence-corrected chi connectivity index (χ1v) is 9.43. The molecule has 0 N–H and O–H groups in total. The second-order valence-corrected chi connectivity index (χ2v) is 6.90. The highest BCUT2D eigenvalue weighted by Gasteiger charge is 2.21. The second kappa shape index (κ2) is 7.11. The van der Waals surface area contributed by atoms with E-state index in [0.29, 0.717) is 0 Å². The first kappa shape index (κ1) is 17.1. The Balaban J connectivity index is 1.60. The topological polar surface area (TPSA) is 58.0 Å². The van der Waals surface area contributed by atoms with Crippen LogP contribution in [-0.2, 0) is 17.8 Å². The Morgan fingerprint density at radius 3 is 2.85 bits per heavy atom. The van der Waals surface area contributed by atoms with Gasteiger partial charge in [-0.15, -0.1) is 0 Å². The summed E-state index contributed by atoms with van der Waals surface area (Å²) in [5.74, 6) is 2.54. The molecule has 0 bridgehead atoms. The van der Waals surface area contributed by atoms with Gasteiger partial charge in [0.05, 0.1) is 12.2 Å². The van der Waals surface area contributed by atoms with E-state index in [2.05, 4.69) is 35.4 Å². The van der Waals surface area contributed by atoms with Crippen molar-refractivity contribution in [1.29, 1.82) is 0 Å². The highest BCUT2D eigenvalue weighted by atomic mass is 16.5. The monoisotopic (exact) mass is 354 g/mol. The largest absolute Gasteiger partial charge is 0.455 e. The standard InChI is InChI=1S/C20H26N4O2/c1-4-24-15(3)16(14(2)22-24)13-23-11-10-21-20(23)19-9-8-18(26-19)17-7-5-6-12-25-17/h8-11,17H,4-7,12-13H2,1-3H3/t17-/m0/s1. The first-order chi connectivity index (χ1) is 12.7. The van der Waals surface area contributed by atoms with E-state index in [1.54, 1.807) is 0 Å². The van der Waals surface area contributed by atoms with Gasteiger partial charge >= 0.3 is 0 Å². The molecule has 0 saturated carbocycles. The first-order valence-electron chi connectivity index (χ1n) is 9.43. The van der Waals surface area contributed by atoms with E-state index in [1.807, 2.05) is 29.2 Å². The fraction of sp³-hybridized carbons (Fsp3) is 0.500. The zero-order chi connectivity index (χ0) is 18.1. The molecule has 4 rings (SSSR count). The summed E-state index contributed by atoms with van der Waals surface area (Å²) < 4.78 is 16.1. The van der Waals surface area contributed by atoms with Gasteiger partial charge in [0.15, 0.2) is 11.6 Å². The van der Waals surface area contributed by atoms with Crippen LogP contribution in [0.15, 0.2) is 28.9 Å². The third kappa shape index (κ3) is 3.09. The van der Waals surface area contributed by atoms with Crippen LogP contribution in [0.1, 0.15) is 55.0 Å². The van der Waals surface area contributed by atoms with Crippen LogP contribution in [0.25, 0.3) is 11.6 Å². The summed E-state index contributed by atoms with van der Waals surface area (Å²) in [6.07, 6.45) is 7.25. The molecule has 0 spiro atoms. The molecule has 1 aliphatic heterocycles. The zero-order valence-electron chi connectivity index (χ0n) is 15.7. The van der Waals surface area contributed by atoms with E-state index in [-0.39, 0.29) is 6.10 Å². The van der Waals surface area contributed by atoms with Gasteiger partial charge in [0.1, 0.15) is 11.9 Å². The number of furan rings is 1. The number of rotatable bonds is 5. The molecule has 4 heterocycles. The fourth-order valence-corrected chi connectivity index (χ4v) is 3.71. The van der Waals surface area contributed by atoms with Crippen LogP contribution in [0, 0.1) is 13.8 Å². The maximum atomic E-state index is 6.10.